The Labute approximate surface area is 163 Å². The van der Waals surface area contributed by atoms with Gasteiger partial charge in [-0.25, -0.2) is 18.2 Å². The highest BCUT2D eigenvalue weighted by atomic mass is 19.2. The minimum atomic E-state index is -1.11. The van der Waals surface area contributed by atoms with Crippen LogP contribution in [-0.4, -0.2) is 15.0 Å². The van der Waals surface area contributed by atoms with E-state index >= 15 is 0 Å². The van der Waals surface area contributed by atoms with Gasteiger partial charge in [0, 0.05) is 36.9 Å². The minimum Gasteiger partial charge on any atom is -0.347 e. The third-order valence-corrected chi connectivity index (χ3v) is 4.49. The van der Waals surface area contributed by atoms with Crippen molar-refractivity contribution in [2.45, 2.75) is 13.1 Å². The van der Waals surface area contributed by atoms with Crippen LogP contribution in [0.4, 0.5) is 19.0 Å². The molecule has 0 aliphatic rings. The van der Waals surface area contributed by atoms with Crippen molar-refractivity contribution in [1.82, 2.24) is 15.0 Å². The third kappa shape index (κ3) is 3.96. The van der Waals surface area contributed by atoms with Gasteiger partial charge < -0.3 is 9.88 Å². The van der Waals surface area contributed by atoms with Crippen LogP contribution >= 0.6 is 0 Å². The molecule has 0 bridgehead atoms. The first-order chi connectivity index (χ1) is 14.0. The summed E-state index contributed by atoms with van der Waals surface area (Å²) in [6.45, 7) is 0.426. The number of hydrogen-bond acceptors (Lipinski definition) is 4. The van der Waals surface area contributed by atoms with E-state index in [9.17, 15) is 18.0 Å². The third-order valence-electron chi connectivity index (χ3n) is 4.49. The van der Waals surface area contributed by atoms with Crippen molar-refractivity contribution in [1.29, 1.82) is 0 Å². The quantitative estimate of drug-likeness (QED) is 0.555. The SMILES string of the molecule is O=c1cc(CN(Cc2cccc(F)c2)c2cnccn2)c2ccc(F)c(F)c2[nH]1. The highest BCUT2D eigenvalue weighted by molar-refractivity contribution is 5.82. The van der Waals surface area contributed by atoms with Crippen LogP contribution in [0.15, 0.2) is 65.8 Å². The van der Waals surface area contributed by atoms with E-state index in [0.29, 0.717) is 22.3 Å². The predicted octanol–water partition coefficient (Wildman–Crippen LogP) is 3.94. The summed E-state index contributed by atoms with van der Waals surface area (Å²) >= 11 is 0. The van der Waals surface area contributed by atoms with E-state index in [-0.39, 0.29) is 24.4 Å². The van der Waals surface area contributed by atoms with Crippen LogP contribution in [0, 0.1) is 17.5 Å². The number of H-pyrrole nitrogens is 1. The molecule has 8 heteroatoms. The fourth-order valence-corrected chi connectivity index (χ4v) is 3.20. The van der Waals surface area contributed by atoms with Gasteiger partial charge >= 0.3 is 0 Å². The number of nitrogens with one attached hydrogen (secondary N) is 1. The van der Waals surface area contributed by atoms with Crippen LogP contribution < -0.4 is 10.5 Å². The van der Waals surface area contributed by atoms with Gasteiger partial charge in [-0.15, -0.1) is 0 Å². The molecule has 0 amide bonds. The number of hydrogen-bond donors (Lipinski definition) is 1. The Kier molecular flexibility index (Phi) is 4.99. The lowest BCUT2D eigenvalue weighted by atomic mass is 10.1. The zero-order valence-electron chi connectivity index (χ0n) is 15.1. The van der Waals surface area contributed by atoms with Crippen LogP contribution in [-0.2, 0) is 13.1 Å². The summed E-state index contributed by atoms with van der Waals surface area (Å²) in [6, 6.07) is 9.85. The molecule has 0 spiro atoms. The Balaban J connectivity index is 1.79. The fraction of sp³-hybridized carbons (Fsp3) is 0.0952. The summed E-state index contributed by atoms with van der Waals surface area (Å²) in [7, 11) is 0. The maximum Gasteiger partial charge on any atom is 0.248 e. The van der Waals surface area contributed by atoms with Gasteiger partial charge in [-0.05, 0) is 35.4 Å². The van der Waals surface area contributed by atoms with Crippen molar-refractivity contribution < 1.29 is 13.2 Å². The molecule has 4 rings (SSSR count). The number of aromatic nitrogens is 3. The summed E-state index contributed by atoms with van der Waals surface area (Å²) < 4.78 is 41.4. The van der Waals surface area contributed by atoms with Crippen molar-refractivity contribution in [3.8, 4) is 0 Å². The number of halogens is 3. The molecule has 5 nitrogen and oxygen atoms in total. The van der Waals surface area contributed by atoms with Crippen molar-refractivity contribution in [2.75, 3.05) is 4.90 Å². The first-order valence-corrected chi connectivity index (χ1v) is 8.76. The fourth-order valence-electron chi connectivity index (χ4n) is 3.20. The van der Waals surface area contributed by atoms with E-state index in [4.69, 9.17) is 0 Å². The number of pyridine rings is 1. The van der Waals surface area contributed by atoms with Crippen LogP contribution in [0.1, 0.15) is 11.1 Å². The second-order valence-corrected chi connectivity index (χ2v) is 6.49. The molecule has 0 saturated heterocycles. The van der Waals surface area contributed by atoms with Crippen LogP contribution in [0.25, 0.3) is 10.9 Å². The molecule has 1 N–H and O–H groups in total. The molecule has 0 aliphatic carbocycles. The lowest BCUT2D eigenvalue weighted by Crippen LogP contribution is -2.24. The van der Waals surface area contributed by atoms with Gasteiger partial charge in [0.05, 0.1) is 11.7 Å². The van der Waals surface area contributed by atoms with Gasteiger partial charge in [-0.1, -0.05) is 12.1 Å². The Morgan fingerprint density at radius 2 is 1.86 bits per heavy atom. The molecule has 2 aromatic heterocycles. The molecule has 2 heterocycles. The molecule has 0 saturated carbocycles. The molecule has 0 atom stereocenters. The molecular formula is C21H15F3N4O. The van der Waals surface area contributed by atoms with E-state index in [1.807, 2.05) is 0 Å². The van der Waals surface area contributed by atoms with Gasteiger partial charge in [0.1, 0.15) is 11.6 Å². The molecule has 0 fully saturated rings. The molecule has 0 unspecified atom stereocenters. The zero-order chi connectivity index (χ0) is 20.4. The van der Waals surface area contributed by atoms with Crippen LogP contribution in [0.5, 0.6) is 0 Å². The summed E-state index contributed by atoms with van der Waals surface area (Å²) in [5.41, 5.74) is 0.408. The molecule has 0 aliphatic heterocycles. The van der Waals surface area contributed by atoms with E-state index in [0.717, 1.165) is 6.07 Å². The van der Waals surface area contributed by atoms with Crippen LogP contribution in [0.3, 0.4) is 0 Å². The number of fused-ring (bicyclic) bond motifs is 1. The molecule has 29 heavy (non-hydrogen) atoms. The predicted molar refractivity (Wildman–Crippen MR) is 103 cm³/mol. The monoisotopic (exact) mass is 396 g/mol. The van der Waals surface area contributed by atoms with Crippen LogP contribution in [0.2, 0.25) is 0 Å². The summed E-state index contributed by atoms with van der Waals surface area (Å²) in [6.07, 6.45) is 4.57. The van der Waals surface area contributed by atoms with Gasteiger partial charge in [0.25, 0.3) is 0 Å². The summed E-state index contributed by atoms with van der Waals surface area (Å²) in [4.78, 5) is 24.5. The van der Waals surface area contributed by atoms with Crippen molar-refractivity contribution in [3.05, 3.63) is 100.0 Å². The Morgan fingerprint density at radius 3 is 2.62 bits per heavy atom. The van der Waals surface area contributed by atoms with E-state index in [1.54, 1.807) is 17.0 Å². The smallest absolute Gasteiger partial charge is 0.248 e. The maximum absolute atomic E-state index is 14.2. The number of anilines is 1. The average Bonchev–Trinajstić information content (AvgIpc) is 2.71. The van der Waals surface area contributed by atoms with Gasteiger partial charge in [-0.2, -0.15) is 0 Å². The van der Waals surface area contributed by atoms with E-state index in [2.05, 4.69) is 15.0 Å². The molecular weight excluding hydrogens is 381 g/mol. The Hall–Kier alpha value is -3.68. The Morgan fingerprint density at radius 1 is 1.00 bits per heavy atom. The average molecular weight is 396 g/mol. The lowest BCUT2D eigenvalue weighted by molar-refractivity contribution is 0.515. The second-order valence-electron chi connectivity index (χ2n) is 6.49. The van der Waals surface area contributed by atoms with Gasteiger partial charge in [0.2, 0.25) is 5.56 Å². The largest absolute Gasteiger partial charge is 0.347 e. The van der Waals surface area contributed by atoms with Gasteiger partial charge in [-0.3, -0.25) is 9.78 Å². The Bertz CT molecular complexity index is 1230. The maximum atomic E-state index is 14.2. The van der Waals surface area contributed by atoms with Gasteiger partial charge in [0.15, 0.2) is 11.6 Å². The first-order valence-electron chi connectivity index (χ1n) is 8.76. The summed E-state index contributed by atoms with van der Waals surface area (Å²) in [5, 5.41) is 0.372. The topological polar surface area (TPSA) is 61.9 Å². The first kappa shape index (κ1) is 18.7. The standard InChI is InChI=1S/C21H15F3N4O/c22-15-3-1-2-13(8-15)11-28(18-10-25-6-7-26-18)12-14-9-19(29)27-21-16(14)4-5-17(23)20(21)24/h1-10H,11-12H2,(H,27,29). The van der Waals surface area contributed by atoms with Crippen molar-refractivity contribution in [2.24, 2.45) is 0 Å². The molecule has 4 aromatic rings. The normalized spacial score (nSPS) is 11.0. The second kappa shape index (κ2) is 7.75. The van der Waals surface area contributed by atoms with E-state index < -0.39 is 17.2 Å². The van der Waals surface area contributed by atoms with Crippen molar-refractivity contribution >= 4 is 16.7 Å². The number of aromatic amines is 1. The van der Waals surface area contributed by atoms with Crippen molar-refractivity contribution in [3.63, 3.8) is 0 Å². The molecule has 0 radical (unpaired) electrons. The molecule has 2 aromatic carbocycles. The molecule has 146 valence electrons. The minimum absolute atomic E-state index is 0.153. The summed E-state index contributed by atoms with van der Waals surface area (Å²) in [5.74, 6) is -2.04. The lowest BCUT2D eigenvalue weighted by Gasteiger charge is -2.24. The number of benzene rings is 2. The van der Waals surface area contributed by atoms with E-state index in [1.165, 1.54) is 42.9 Å². The zero-order valence-corrected chi connectivity index (χ0v) is 15.1. The highest BCUT2D eigenvalue weighted by Crippen LogP contribution is 2.24. The number of nitrogens with zero attached hydrogens (tertiary/aromatic N) is 3. The highest BCUT2D eigenvalue weighted by Gasteiger charge is 2.16. The number of rotatable bonds is 5.